The van der Waals surface area contributed by atoms with Crippen LogP contribution in [0.4, 0.5) is 0 Å². The largest absolute Gasteiger partial charge is 0.494 e. The van der Waals surface area contributed by atoms with Crippen molar-refractivity contribution in [3.05, 3.63) is 65.9 Å². The van der Waals surface area contributed by atoms with E-state index in [1.165, 1.54) is 0 Å². The van der Waals surface area contributed by atoms with Gasteiger partial charge in [0.1, 0.15) is 17.0 Å². The van der Waals surface area contributed by atoms with E-state index in [1.54, 1.807) is 0 Å². The van der Waals surface area contributed by atoms with Gasteiger partial charge in [-0.15, -0.1) is 0 Å². The van der Waals surface area contributed by atoms with Crippen LogP contribution in [0.1, 0.15) is 35.8 Å². The van der Waals surface area contributed by atoms with Crippen LogP contribution in [-0.2, 0) is 18.4 Å². The van der Waals surface area contributed by atoms with Gasteiger partial charge in [-0.2, -0.15) is 0 Å². The molecule has 2 aromatic carbocycles. The number of ether oxygens (including phenoxy) is 1. The molecule has 2 aromatic heterocycles. The number of piperidine rings is 1. The van der Waals surface area contributed by atoms with Crippen LogP contribution in [0.3, 0.4) is 0 Å². The number of hydrogen-bond acceptors (Lipinski definition) is 4. The summed E-state index contributed by atoms with van der Waals surface area (Å²) < 4.78 is 13.5. The number of furan rings is 1. The number of hydrogen-bond donors (Lipinski definition) is 1. The van der Waals surface area contributed by atoms with E-state index in [0.29, 0.717) is 50.4 Å². The molecule has 5 rings (SSSR count). The molecule has 7 heteroatoms. The molecule has 0 bridgehead atoms. The summed E-state index contributed by atoms with van der Waals surface area (Å²) in [5.74, 6) is 0.701. The van der Waals surface area contributed by atoms with Crippen LogP contribution in [0.15, 0.2) is 59.0 Å². The van der Waals surface area contributed by atoms with E-state index in [-0.39, 0.29) is 17.7 Å². The monoisotopic (exact) mass is 459 g/mol. The number of nitrogens with zero attached hydrogens (tertiary/aromatic N) is 2. The van der Waals surface area contributed by atoms with Gasteiger partial charge >= 0.3 is 0 Å². The third kappa shape index (κ3) is 4.02. The number of carbonyl (C=O) groups excluding carboxylic acids is 2. The Bertz CT molecular complexity index is 1340. The average molecular weight is 460 g/mol. The second kappa shape index (κ2) is 9.25. The predicted octanol–water partition coefficient (Wildman–Crippen LogP) is 4.49. The molecule has 0 unspecified atom stereocenters. The molecule has 0 atom stereocenters. The summed E-state index contributed by atoms with van der Waals surface area (Å²) in [5, 5.41) is 4.05. The second-order valence-electron chi connectivity index (χ2n) is 8.72. The minimum absolute atomic E-state index is 0.0255. The Kier molecular flexibility index (Phi) is 6.01. The molecule has 1 aliphatic rings. The van der Waals surface area contributed by atoms with Gasteiger partial charge in [0.05, 0.1) is 12.1 Å². The molecule has 1 aliphatic heterocycles. The fraction of sp³-hybridized carbons (Fsp3) is 0.333. The number of likely N-dealkylation sites (tertiary alicyclic amines) is 1. The molecule has 0 radical (unpaired) electrons. The van der Waals surface area contributed by atoms with Gasteiger partial charge in [-0.1, -0.05) is 30.3 Å². The number of carbonyl (C=O) groups is 2. The van der Waals surface area contributed by atoms with Crippen molar-refractivity contribution in [2.24, 2.45) is 13.0 Å². The molecule has 34 heavy (non-hydrogen) atoms. The smallest absolute Gasteiger partial charge is 0.270 e. The number of rotatable bonds is 6. The SMILES string of the molecule is CCOc1ccccc1CNC(=O)C1CCN(C(=O)c2cc3oc4ccccc4c3n2C)CC1. The number of aromatic nitrogens is 1. The Morgan fingerprint density at radius 1 is 1.06 bits per heavy atom. The highest BCUT2D eigenvalue weighted by molar-refractivity contribution is 6.07. The molecule has 4 aromatic rings. The average Bonchev–Trinajstić information content (AvgIpc) is 3.39. The first-order chi connectivity index (χ1) is 16.6. The molecule has 0 aliphatic carbocycles. The van der Waals surface area contributed by atoms with Crippen molar-refractivity contribution in [3.8, 4) is 5.75 Å². The van der Waals surface area contributed by atoms with E-state index in [1.807, 2.05) is 78.0 Å². The van der Waals surface area contributed by atoms with Crippen LogP contribution in [0, 0.1) is 5.92 Å². The first kappa shape index (κ1) is 22.1. The van der Waals surface area contributed by atoms with Gasteiger partial charge in [-0.25, -0.2) is 0 Å². The quantitative estimate of drug-likeness (QED) is 0.461. The summed E-state index contributed by atoms with van der Waals surface area (Å²) in [6, 6.07) is 17.4. The van der Waals surface area contributed by atoms with Crippen molar-refractivity contribution >= 4 is 33.9 Å². The van der Waals surface area contributed by atoms with Crippen LogP contribution < -0.4 is 10.1 Å². The predicted molar refractivity (Wildman–Crippen MR) is 131 cm³/mol. The van der Waals surface area contributed by atoms with Crippen molar-refractivity contribution in [2.75, 3.05) is 19.7 Å². The number of nitrogens with one attached hydrogen (secondary N) is 1. The number of amides is 2. The summed E-state index contributed by atoms with van der Waals surface area (Å²) >= 11 is 0. The van der Waals surface area contributed by atoms with E-state index in [2.05, 4.69) is 5.32 Å². The Morgan fingerprint density at radius 3 is 2.59 bits per heavy atom. The zero-order valence-electron chi connectivity index (χ0n) is 19.5. The molecule has 1 N–H and O–H groups in total. The number of para-hydroxylation sites is 2. The van der Waals surface area contributed by atoms with E-state index in [0.717, 1.165) is 27.8 Å². The van der Waals surface area contributed by atoms with E-state index >= 15 is 0 Å². The minimum atomic E-state index is -0.100. The molecular weight excluding hydrogens is 430 g/mol. The van der Waals surface area contributed by atoms with E-state index in [4.69, 9.17) is 9.15 Å². The van der Waals surface area contributed by atoms with Crippen LogP contribution in [-0.4, -0.2) is 41.0 Å². The summed E-state index contributed by atoms with van der Waals surface area (Å²) in [6.45, 7) is 4.07. The molecule has 0 saturated carbocycles. The highest BCUT2D eigenvalue weighted by Crippen LogP contribution is 2.31. The normalized spacial score (nSPS) is 14.6. The number of aryl methyl sites for hydroxylation is 1. The van der Waals surface area contributed by atoms with Gasteiger partial charge < -0.3 is 23.9 Å². The van der Waals surface area contributed by atoms with Crippen LogP contribution in [0.25, 0.3) is 22.1 Å². The van der Waals surface area contributed by atoms with Crippen LogP contribution >= 0.6 is 0 Å². The standard InChI is InChI=1S/C27H29N3O4/c1-3-33-22-10-6-4-8-19(22)17-28-26(31)18-12-14-30(15-13-18)27(32)21-16-24-25(29(21)2)20-9-5-7-11-23(20)34-24/h4-11,16,18H,3,12-15,17H2,1-2H3,(H,28,31). The molecule has 0 spiro atoms. The van der Waals surface area contributed by atoms with Gasteiger partial charge in [-0.3, -0.25) is 9.59 Å². The Morgan fingerprint density at radius 2 is 1.79 bits per heavy atom. The second-order valence-corrected chi connectivity index (χ2v) is 8.72. The summed E-state index contributed by atoms with van der Waals surface area (Å²) in [7, 11) is 1.90. The zero-order valence-corrected chi connectivity index (χ0v) is 19.5. The van der Waals surface area contributed by atoms with Gasteiger partial charge in [0, 0.05) is 49.6 Å². The fourth-order valence-corrected chi connectivity index (χ4v) is 4.82. The molecule has 7 nitrogen and oxygen atoms in total. The molecule has 2 amide bonds. The van der Waals surface area contributed by atoms with Gasteiger partial charge in [0.15, 0.2) is 5.58 Å². The summed E-state index contributed by atoms with van der Waals surface area (Å²) in [4.78, 5) is 27.9. The van der Waals surface area contributed by atoms with Crippen LogP contribution in [0.5, 0.6) is 5.75 Å². The lowest BCUT2D eigenvalue weighted by atomic mass is 9.95. The molecular formula is C27H29N3O4. The number of fused-ring (bicyclic) bond motifs is 3. The lowest BCUT2D eigenvalue weighted by molar-refractivity contribution is -0.126. The Labute approximate surface area is 198 Å². The Hall–Kier alpha value is -3.74. The van der Waals surface area contributed by atoms with Crippen molar-refractivity contribution in [2.45, 2.75) is 26.3 Å². The first-order valence-electron chi connectivity index (χ1n) is 11.8. The van der Waals surface area contributed by atoms with Crippen molar-refractivity contribution in [3.63, 3.8) is 0 Å². The third-order valence-electron chi connectivity index (χ3n) is 6.66. The van der Waals surface area contributed by atoms with Crippen molar-refractivity contribution in [1.82, 2.24) is 14.8 Å². The third-order valence-corrected chi connectivity index (χ3v) is 6.66. The van der Waals surface area contributed by atoms with Gasteiger partial charge in [0.2, 0.25) is 5.91 Å². The first-order valence-corrected chi connectivity index (χ1v) is 11.8. The fourth-order valence-electron chi connectivity index (χ4n) is 4.82. The maximum absolute atomic E-state index is 13.3. The highest BCUT2D eigenvalue weighted by Gasteiger charge is 2.29. The highest BCUT2D eigenvalue weighted by atomic mass is 16.5. The minimum Gasteiger partial charge on any atom is -0.494 e. The number of benzene rings is 2. The lowest BCUT2D eigenvalue weighted by Crippen LogP contribution is -2.43. The molecule has 1 fully saturated rings. The molecule has 176 valence electrons. The van der Waals surface area contributed by atoms with E-state index in [9.17, 15) is 9.59 Å². The van der Waals surface area contributed by atoms with E-state index < -0.39 is 0 Å². The Balaban J connectivity index is 1.21. The summed E-state index contributed by atoms with van der Waals surface area (Å²) in [5.41, 5.74) is 4.03. The summed E-state index contributed by atoms with van der Waals surface area (Å²) in [6.07, 6.45) is 1.29. The zero-order chi connectivity index (χ0) is 23.7. The maximum Gasteiger partial charge on any atom is 0.270 e. The molecule has 1 saturated heterocycles. The lowest BCUT2D eigenvalue weighted by Gasteiger charge is -2.31. The van der Waals surface area contributed by atoms with Gasteiger partial charge in [-0.05, 0) is 38.0 Å². The topological polar surface area (TPSA) is 76.7 Å². The van der Waals surface area contributed by atoms with Crippen LogP contribution in [0.2, 0.25) is 0 Å². The van der Waals surface area contributed by atoms with Crippen molar-refractivity contribution in [1.29, 1.82) is 0 Å². The van der Waals surface area contributed by atoms with Gasteiger partial charge in [0.25, 0.3) is 5.91 Å². The molecule has 3 heterocycles. The van der Waals surface area contributed by atoms with Crippen molar-refractivity contribution < 1.29 is 18.7 Å². The maximum atomic E-state index is 13.3.